The van der Waals surface area contributed by atoms with Gasteiger partial charge in [-0.05, 0) is 85.5 Å². The van der Waals surface area contributed by atoms with Gasteiger partial charge in [0, 0.05) is 0 Å². The first-order valence-electron chi connectivity index (χ1n) is 14.3. The zero-order chi connectivity index (χ0) is 29.2. The molecule has 0 saturated heterocycles. The third kappa shape index (κ3) is 7.78. The largest absolute Gasteiger partial charge is 0.493 e. The Morgan fingerprint density at radius 2 is 1.02 bits per heavy atom. The van der Waals surface area contributed by atoms with Gasteiger partial charge in [-0.1, -0.05) is 55.5 Å². The van der Waals surface area contributed by atoms with Gasteiger partial charge in [0.1, 0.15) is 0 Å². The van der Waals surface area contributed by atoms with Crippen LogP contribution in [0.15, 0.2) is 48.5 Å². The van der Waals surface area contributed by atoms with Crippen molar-refractivity contribution in [3.05, 3.63) is 70.8 Å². The Hall–Kier alpha value is -4.06. The number of rotatable bonds is 13. The standard InChI is InChI=1S/C35H42O6/c1-7-24(2)40-34-30(36-3)20-27(21-31(34)37-4)18-16-25-12-14-26(15-13-25)17-19-28-22-32(38-5)35(33(23-28)39-6)41-29-10-8-9-11-29/h12-24,29H,7-11H2,1-6H3. The Kier molecular flexibility index (Phi) is 10.6. The van der Waals surface area contributed by atoms with E-state index in [0.717, 1.165) is 41.5 Å². The molecule has 1 atom stereocenters. The highest BCUT2D eigenvalue weighted by molar-refractivity contribution is 5.75. The first-order valence-corrected chi connectivity index (χ1v) is 14.3. The summed E-state index contributed by atoms with van der Waals surface area (Å²) in [5, 5.41) is 0. The average molecular weight is 559 g/mol. The quantitative estimate of drug-likeness (QED) is 0.196. The molecule has 41 heavy (non-hydrogen) atoms. The van der Waals surface area contributed by atoms with Crippen molar-refractivity contribution in [1.82, 2.24) is 0 Å². The zero-order valence-corrected chi connectivity index (χ0v) is 25.1. The van der Waals surface area contributed by atoms with Crippen molar-refractivity contribution in [3.8, 4) is 34.5 Å². The van der Waals surface area contributed by atoms with E-state index in [1.54, 1.807) is 28.4 Å². The van der Waals surface area contributed by atoms with Crippen molar-refractivity contribution in [2.24, 2.45) is 0 Å². The van der Waals surface area contributed by atoms with Gasteiger partial charge in [0.15, 0.2) is 23.0 Å². The molecule has 0 aromatic heterocycles. The second-order valence-corrected chi connectivity index (χ2v) is 10.2. The summed E-state index contributed by atoms with van der Waals surface area (Å²) in [6.07, 6.45) is 14.0. The van der Waals surface area contributed by atoms with E-state index in [4.69, 9.17) is 28.4 Å². The van der Waals surface area contributed by atoms with Gasteiger partial charge in [0.25, 0.3) is 0 Å². The number of ether oxygens (including phenoxy) is 6. The molecule has 1 fully saturated rings. The van der Waals surface area contributed by atoms with E-state index in [-0.39, 0.29) is 12.2 Å². The van der Waals surface area contributed by atoms with Gasteiger partial charge in [0.05, 0.1) is 40.6 Å². The number of hydrogen-bond acceptors (Lipinski definition) is 6. The lowest BCUT2D eigenvalue weighted by Gasteiger charge is -2.19. The summed E-state index contributed by atoms with van der Waals surface area (Å²) in [6, 6.07) is 16.2. The van der Waals surface area contributed by atoms with Crippen molar-refractivity contribution < 1.29 is 28.4 Å². The first-order chi connectivity index (χ1) is 20.0. The van der Waals surface area contributed by atoms with Crippen LogP contribution in [0.1, 0.15) is 68.2 Å². The van der Waals surface area contributed by atoms with Crippen molar-refractivity contribution in [2.75, 3.05) is 28.4 Å². The first kappa shape index (κ1) is 29.9. The normalized spacial score (nSPS) is 14.4. The number of hydrogen-bond donors (Lipinski definition) is 0. The van der Waals surface area contributed by atoms with Crippen LogP contribution in [0.25, 0.3) is 24.3 Å². The summed E-state index contributed by atoms with van der Waals surface area (Å²) in [5.41, 5.74) is 4.10. The van der Waals surface area contributed by atoms with Crippen molar-refractivity contribution in [1.29, 1.82) is 0 Å². The molecule has 4 rings (SSSR count). The minimum Gasteiger partial charge on any atom is -0.493 e. The molecule has 3 aromatic rings. The van der Waals surface area contributed by atoms with E-state index in [2.05, 4.69) is 49.4 Å². The molecule has 0 amide bonds. The van der Waals surface area contributed by atoms with Crippen LogP contribution in [0.2, 0.25) is 0 Å². The molecule has 1 saturated carbocycles. The Labute approximate surface area is 244 Å². The summed E-state index contributed by atoms with van der Waals surface area (Å²) in [4.78, 5) is 0. The molecule has 6 nitrogen and oxygen atoms in total. The van der Waals surface area contributed by atoms with E-state index in [1.165, 1.54) is 12.8 Å². The molecular formula is C35H42O6. The topological polar surface area (TPSA) is 55.4 Å². The van der Waals surface area contributed by atoms with E-state index >= 15 is 0 Å². The monoisotopic (exact) mass is 558 g/mol. The lowest BCUT2D eigenvalue weighted by molar-refractivity contribution is 0.191. The summed E-state index contributed by atoms with van der Waals surface area (Å²) in [6.45, 7) is 4.11. The molecule has 0 heterocycles. The summed E-state index contributed by atoms with van der Waals surface area (Å²) in [5.74, 6) is 3.98. The molecule has 1 aliphatic rings. The van der Waals surface area contributed by atoms with Crippen LogP contribution in [0.5, 0.6) is 34.5 Å². The summed E-state index contributed by atoms with van der Waals surface area (Å²) < 4.78 is 34.8. The van der Waals surface area contributed by atoms with Gasteiger partial charge in [0.2, 0.25) is 11.5 Å². The molecule has 0 bridgehead atoms. The third-order valence-corrected chi connectivity index (χ3v) is 7.32. The summed E-state index contributed by atoms with van der Waals surface area (Å²) >= 11 is 0. The predicted octanol–water partition coefficient (Wildman–Crippen LogP) is 8.56. The van der Waals surface area contributed by atoms with Crippen LogP contribution in [-0.4, -0.2) is 40.6 Å². The molecular weight excluding hydrogens is 516 g/mol. The van der Waals surface area contributed by atoms with Crippen molar-refractivity contribution >= 4 is 24.3 Å². The van der Waals surface area contributed by atoms with Gasteiger partial charge >= 0.3 is 0 Å². The van der Waals surface area contributed by atoms with Gasteiger partial charge < -0.3 is 28.4 Å². The Balaban J connectivity index is 1.47. The fraction of sp³-hybridized carbons (Fsp3) is 0.371. The zero-order valence-electron chi connectivity index (χ0n) is 25.1. The van der Waals surface area contributed by atoms with Crippen LogP contribution in [-0.2, 0) is 0 Å². The van der Waals surface area contributed by atoms with Gasteiger partial charge in [-0.3, -0.25) is 0 Å². The minimum absolute atomic E-state index is 0.0609. The molecule has 0 aliphatic heterocycles. The fourth-order valence-corrected chi connectivity index (χ4v) is 4.79. The molecule has 6 heteroatoms. The smallest absolute Gasteiger partial charge is 0.203 e. The van der Waals surface area contributed by atoms with Gasteiger partial charge in [-0.15, -0.1) is 0 Å². The third-order valence-electron chi connectivity index (χ3n) is 7.32. The predicted molar refractivity (Wildman–Crippen MR) is 167 cm³/mol. The maximum Gasteiger partial charge on any atom is 0.203 e. The van der Waals surface area contributed by atoms with Crippen LogP contribution in [0.3, 0.4) is 0 Å². The van der Waals surface area contributed by atoms with E-state index in [1.807, 2.05) is 37.3 Å². The highest BCUT2D eigenvalue weighted by atomic mass is 16.5. The van der Waals surface area contributed by atoms with Crippen LogP contribution in [0, 0.1) is 0 Å². The molecule has 0 spiro atoms. The van der Waals surface area contributed by atoms with Gasteiger partial charge in [-0.2, -0.15) is 0 Å². The van der Waals surface area contributed by atoms with Crippen LogP contribution < -0.4 is 28.4 Å². The van der Waals surface area contributed by atoms with Crippen molar-refractivity contribution in [2.45, 2.75) is 58.2 Å². The Bertz CT molecular complexity index is 1290. The Morgan fingerprint density at radius 3 is 1.41 bits per heavy atom. The molecule has 218 valence electrons. The molecule has 0 radical (unpaired) electrons. The van der Waals surface area contributed by atoms with Gasteiger partial charge in [-0.25, -0.2) is 0 Å². The van der Waals surface area contributed by atoms with E-state index in [9.17, 15) is 0 Å². The highest BCUT2D eigenvalue weighted by Crippen LogP contribution is 2.42. The lowest BCUT2D eigenvalue weighted by atomic mass is 10.1. The fourth-order valence-electron chi connectivity index (χ4n) is 4.79. The van der Waals surface area contributed by atoms with Crippen LogP contribution in [0.4, 0.5) is 0 Å². The maximum absolute atomic E-state index is 6.26. The van der Waals surface area contributed by atoms with E-state index < -0.39 is 0 Å². The summed E-state index contributed by atoms with van der Waals surface area (Å²) in [7, 11) is 6.61. The van der Waals surface area contributed by atoms with E-state index in [0.29, 0.717) is 34.5 Å². The second-order valence-electron chi connectivity index (χ2n) is 10.2. The average Bonchev–Trinajstić information content (AvgIpc) is 3.53. The lowest BCUT2D eigenvalue weighted by Crippen LogP contribution is -2.12. The maximum atomic E-state index is 6.26. The van der Waals surface area contributed by atoms with Crippen molar-refractivity contribution in [3.63, 3.8) is 0 Å². The highest BCUT2D eigenvalue weighted by Gasteiger charge is 2.22. The Morgan fingerprint density at radius 1 is 0.634 bits per heavy atom. The number of methoxy groups -OCH3 is 4. The molecule has 0 N–H and O–H groups in total. The minimum atomic E-state index is 0.0609. The molecule has 1 aliphatic carbocycles. The second kappa shape index (κ2) is 14.5. The number of benzene rings is 3. The molecule has 3 aromatic carbocycles. The van der Waals surface area contributed by atoms with Crippen LogP contribution >= 0.6 is 0 Å². The SMILES string of the molecule is CCC(C)Oc1c(OC)cc(C=Cc2ccc(C=Cc3cc(OC)c(OC4CCCC4)c(OC)c3)cc2)cc1OC. The molecule has 1 unspecified atom stereocenters.